The summed E-state index contributed by atoms with van der Waals surface area (Å²) in [5.74, 6) is -0.414. The van der Waals surface area contributed by atoms with E-state index in [1.807, 2.05) is 0 Å². The second-order valence-corrected chi connectivity index (χ2v) is 6.79. The van der Waals surface area contributed by atoms with Gasteiger partial charge in [0.2, 0.25) is 0 Å². The number of carbonyl (C=O) groups is 1. The molecular weight excluding hydrogens is 306 g/mol. The van der Waals surface area contributed by atoms with Crippen molar-refractivity contribution < 1.29 is 13.2 Å². The number of amides is 1. The quantitative estimate of drug-likeness (QED) is 0.862. The lowest BCUT2D eigenvalue weighted by Crippen LogP contribution is -2.28. The third-order valence-electron chi connectivity index (χ3n) is 3.00. The van der Waals surface area contributed by atoms with Crippen molar-refractivity contribution in [1.82, 2.24) is 15.1 Å². The Labute approximate surface area is 127 Å². The highest BCUT2D eigenvalue weighted by atomic mass is 32.2. The van der Waals surface area contributed by atoms with E-state index < -0.39 is 15.7 Å². The summed E-state index contributed by atoms with van der Waals surface area (Å²) in [6, 6.07) is 8.85. The Hall–Kier alpha value is -2.48. The van der Waals surface area contributed by atoms with Crippen molar-refractivity contribution >= 4 is 15.7 Å². The molecule has 1 amide bonds. The third kappa shape index (κ3) is 3.79. The second-order valence-electron chi connectivity index (χ2n) is 4.78. The molecule has 0 radical (unpaired) electrons. The molecule has 0 aliphatic heterocycles. The minimum Gasteiger partial charge on any atom is -0.347 e. The van der Waals surface area contributed by atoms with Crippen LogP contribution in [0, 0.1) is 0 Å². The summed E-state index contributed by atoms with van der Waals surface area (Å²) in [5, 5.41) is 6.50. The van der Waals surface area contributed by atoms with Crippen molar-refractivity contribution in [2.24, 2.45) is 7.05 Å². The van der Waals surface area contributed by atoms with E-state index in [9.17, 15) is 18.0 Å². The number of carbonyl (C=O) groups excluding carboxylic acids is 1. The Kier molecular flexibility index (Phi) is 4.41. The van der Waals surface area contributed by atoms with Gasteiger partial charge in [0.05, 0.1) is 4.90 Å². The summed E-state index contributed by atoms with van der Waals surface area (Å²) >= 11 is 0. The van der Waals surface area contributed by atoms with Gasteiger partial charge in [-0.15, -0.1) is 0 Å². The van der Waals surface area contributed by atoms with E-state index in [-0.39, 0.29) is 22.7 Å². The minimum atomic E-state index is -3.23. The fourth-order valence-corrected chi connectivity index (χ4v) is 2.38. The number of rotatable bonds is 4. The summed E-state index contributed by atoms with van der Waals surface area (Å²) in [6.07, 6.45) is 1.13. The smallest absolute Gasteiger partial charge is 0.271 e. The Morgan fingerprint density at radius 2 is 1.82 bits per heavy atom. The summed E-state index contributed by atoms with van der Waals surface area (Å²) in [7, 11) is -1.77. The number of benzene rings is 1. The molecule has 0 atom stereocenters. The highest BCUT2D eigenvalue weighted by molar-refractivity contribution is 7.90. The molecule has 2 aromatic rings. The molecule has 1 aromatic carbocycles. The van der Waals surface area contributed by atoms with Crippen LogP contribution in [0.25, 0.3) is 0 Å². The fraction of sp³-hybridized carbons (Fsp3) is 0.214. The van der Waals surface area contributed by atoms with Crippen LogP contribution in [-0.4, -0.2) is 30.4 Å². The number of nitrogens with one attached hydrogen (secondary N) is 1. The van der Waals surface area contributed by atoms with Crippen molar-refractivity contribution in [2.45, 2.75) is 11.4 Å². The molecule has 8 heteroatoms. The summed E-state index contributed by atoms with van der Waals surface area (Å²) < 4.78 is 23.8. The molecule has 0 bridgehead atoms. The van der Waals surface area contributed by atoms with E-state index >= 15 is 0 Å². The highest BCUT2D eigenvalue weighted by Crippen LogP contribution is 2.10. The normalized spacial score (nSPS) is 11.2. The first-order valence-corrected chi connectivity index (χ1v) is 8.28. The van der Waals surface area contributed by atoms with Gasteiger partial charge in [0.15, 0.2) is 9.84 Å². The molecule has 0 spiro atoms. The van der Waals surface area contributed by atoms with Crippen molar-refractivity contribution in [1.29, 1.82) is 0 Å². The summed E-state index contributed by atoms with van der Waals surface area (Å²) in [5.41, 5.74) is 0.591. The van der Waals surface area contributed by atoms with E-state index in [0.717, 1.165) is 16.5 Å². The molecule has 1 N–H and O–H groups in total. The highest BCUT2D eigenvalue weighted by Gasteiger charge is 2.09. The molecule has 22 heavy (non-hydrogen) atoms. The zero-order valence-electron chi connectivity index (χ0n) is 12.1. The molecule has 0 aliphatic rings. The summed E-state index contributed by atoms with van der Waals surface area (Å²) in [6.45, 7) is 0.230. The Balaban J connectivity index is 2.05. The van der Waals surface area contributed by atoms with Crippen LogP contribution in [0.2, 0.25) is 0 Å². The number of sulfone groups is 1. The molecule has 1 heterocycles. The first-order chi connectivity index (χ1) is 10.3. The molecule has 0 saturated carbocycles. The van der Waals surface area contributed by atoms with Gasteiger partial charge in [-0.1, -0.05) is 12.1 Å². The largest absolute Gasteiger partial charge is 0.347 e. The summed E-state index contributed by atoms with van der Waals surface area (Å²) in [4.78, 5) is 23.4. The molecule has 0 aliphatic carbocycles. The van der Waals surface area contributed by atoms with Crippen LogP contribution < -0.4 is 10.9 Å². The number of hydrogen-bond acceptors (Lipinski definition) is 5. The maximum Gasteiger partial charge on any atom is 0.271 e. The maximum absolute atomic E-state index is 11.9. The van der Waals surface area contributed by atoms with Crippen molar-refractivity contribution in [2.75, 3.05) is 6.26 Å². The molecule has 0 fully saturated rings. The zero-order chi connectivity index (χ0) is 16.3. The molecule has 1 aromatic heterocycles. The average molecular weight is 321 g/mol. The van der Waals surface area contributed by atoms with Gasteiger partial charge >= 0.3 is 0 Å². The monoisotopic (exact) mass is 321 g/mol. The van der Waals surface area contributed by atoms with Crippen LogP contribution in [-0.2, 0) is 23.4 Å². The number of aromatic nitrogens is 2. The number of aryl methyl sites for hydroxylation is 1. The van der Waals surface area contributed by atoms with Gasteiger partial charge < -0.3 is 5.32 Å². The van der Waals surface area contributed by atoms with E-state index in [1.165, 1.54) is 31.3 Å². The Morgan fingerprint density at radius 3 is 2.36 bits per heavy atom. The lowest BCUT2D eigenvalue weighted by Gasteiger charge is -2.06. The van der Waals surface area contributed by atoms with E-state index in [1.54, 1.807) is 12.1 Å². The topological polar surface area (TPSA) is 98.1 Å². The van der Waals surface area contributed by atoms with E-state index in [2.05, 4.69) is 10.4 Å². The maximum atomic E-state index is 11.9. The molecule has 2 rings (SSSR count). The third-order valence-corrected chi connectivity index (χ3v) is 4.13. The van der Waals surface area contributed by atoms with Crippen LogP contribution in [0.4, 0.5) is 0 Å². The molecular formula is C14H15N3O4S. The van der Waals surface area contributed by atoms with Crippen molar-refractivity contribution in [3.63, 3.8) is 0 Å². The molecule has 0 saturated heterocycles. The first-order valence-electron chi connectivity index (χ1n) is 6.39. The van der Waals surface area contributed by atoms with Crippen molar-refractivity contribution in [3.05, 3.63) is 58.0 Å². The standard InChI is InChI=1S/C14H15N3O4S/c1-17-13(18)8-7-12(16-17)14(19)15-9-10-3-5-11(6-4-10)22(2,20)21/h3-8H,9H2,1-2H3,(H,15,19). The average Bonchev–Trinajstić information content (AvgIpc) is 2.47. The lowest BCUT2D eigenvalue weighted by molar-refractivity contribution is 0.0943. The van der Waals surface area contributed by atoms with E-state index in [4.69, 9.17) is 0 Å². The van der Waals surface area contributed by atoms with Gasteiger partial charge in [-0.25, -0.2) is 13.1 Å². The Morgan fingerprint density at radius 1 is 1.18 bits per heavy atom. The molecule has 0 unspecified atom stereocenters. The van der Waals surface area contributed by atoms with Crippen LogP contribution >= 0.6 is 0 Å². The predicted molar refractivity (Wildman–Crippen MR) is 80.2 cm³/mol. The van der Waals surface area contributed by atoms with Gasteiger partial charge in [-0.3, -0.25) is 9.59 Å². The molecule has 116 valence electrons. The van der Waals surface area contributed by atoms with Gasteiger partial charge in [0.25, 0.3) is 11.5 Å². The van der Waals surface area contributed by atoms with Crippen LogP contribution in [0.5, 0.6) is 0 Å². The van der Waals surface area contributed by atoms with Crippen LogP contribution in [0.3, 0.4) is 0 Å². The van der Waals surface area contributed by atoms with Crippen LogP contribution in [0.1, 0.15) is 16.1 Å². The van der Waals surface area contributed by atoms with Gasteiger partial charge in [0, 0.05) is 25.9 Å². The fourth-order valence-electron chi connectivity index (χ4n) is 1.75. The first kappa shape index (κ1) is 15.9. The van der Waals surface area contributed by atoms with Gasteiger partial charge in [0.1, 0.15) is 5.69 Å². The van der Waals surface area contributed by atoms with Gasteiger partial charge in [-0.2, -0.15) is 5.10 Å². The van der Waals surface area contributed by atoms with Gasteiger partial charge in [-0.05, 0) is 23.8 Å². The Bertz CT molecular complexity index is 854. The molecule has 7 nitrogen and oxygen atoms in total. The predicted octanol–water partition coefficient (Wildman–Crippen LogP) is 0.114. The zero-order valence-corrected chi connectivity index (χ0v) is 12.9. The number of hydrogen-bond donors (Lipinski definition) is 1. The number of nitrogens with zero attached hydrogens (tertiary/aromatic N) is 2. The SMILES string of the molecule is Cn1nc(C(=O)NCc2ccc(S(C)(=O)=O)cc2)ccc1=O. The minimum absolute atomic E-state index is 0.134. The van der Waals surface area contributed by atoms with Crippen molar-refractivity contribution in [3.8, 4) is 0 Å². The lowest BCUT2D eigenvalue weighted by atomic mass is 10.2. The second kappa shape index (κ2) is 6.10. The van der Waals surface area contributed by atoms with E-state index in [0.29, 0.717) is 0 Å². The van der Waals surface area contributed by atoms with Crippen LogP contribution in [0.15, 0.2) is 46.1 Å².